The monoisotopic (exact) mass is 263 g/mol. The van der Waals surface area contributed by atoms with Crippen LogP contribution in [0.15, 0.2) is 23.1 Å². The van der Waals surface area contributed by atoms with Crippen molar-refractivity contribution in [3.05, 3.63) is 34.2 Å². The van der Waals surface area contributed by atoms with Crippen molar-refractivity contribution in [3.8, 4) is 0 Å². The van der Waals surface area contributed by atoms with Crippen molar-refractivity contribution >= 4 is 11.8 Å². The Labute approximate surface area is 110 Å². The van der Waals surface area contributed by atoms with Gasteiger partial charge in [-0.05, 0) is 25.3 Å². The number of nitrogens with one attached hydrogen (secondary N) is 2. The van der Waals surface area contributed by atoms with Crippen LogP contribution >= 0.6 is 0 Å². The molecule has 1 aliphatic rings. The molecule has 1 fully saturated rings. The fraction of sp³-hybridized carbons (Fsp3) is 0.462. The lowest BCUT2D eigenvalue weighted by Gasteiger charge is -2.15. The number of rotatable bonds is 2. The molecule has 0 spiro atoms. The largest absolute Gasteiger partial charge is 0.354 e. The molecule has 6 heteroatoms. The molecule has 2 heterocycles. The molecule has 19 heavy (non-hydrogen) atoms. The maximum absolute atomic E-state index is 12.0. The molecule has 0 unspecified atom stereocenters. The lowest BCUT2D eigenvalue weighted by atomic mass is 10.1. The second-order valence-corrected chi connectivity index (χ2v) is 4.68. The van der Waals surface area contributed by atoms with Crippen LogP contribution in [0.3, 0.4) is 0 Å². The molecule has 102 valence electrons. The van der Waals surface area contributed by atoms with Gasteiger partial charge in [0.15, 0.2) is 0 Å². The second kappa shape index (κ2) is 5.69. The molecule has 6 nitrogen and oxygen atoms in total. The third-order valence-electron chi connectivity index (χ3n) is 3.21. The van der Waals surface area contributed by atoms with E-state index in [-0.39, 0.29) is 22.9 Å². The highest BCUT2D eigenvalue weighted by atomic mass is 16.2. The lowest BCUT2D eigenvalue weighted by molar-refractivity contribution is -0.122. The van der Waals surface area contributed by atoms with Crippen LogP contribution in [0.4, 0.5) is 0 Å². The first-order valence-corrected chi connectivity index (χ1v) is 6.33. The molecule has 0 bridgehead atoms. The van der Waals surface area contributed by atoms with Crippen LogP contribution in [-0.4, -0.2) is 29.0 Å². The fourth-order valence-corrected chi connectivity index (χ4v) is 2.01. The smallest absolute Gasteiger partial charge is 0.252 e. The summed E-state index contributed by atoms with van der Waals surface area (Å²) in [6.45, 7) is 0.650. The summed E-state index contributed by atoms with van der Waals surface area (Å²) in [5.74, 6) is -0.547. The molecule has 0 radical (unpaired) electrons. The van der Waals surface area contributed by atoms with E-state index in [1.54, 1.807) is 13.1 Å². The number of pyridine rings is 1. The minimum absolute atomic E-state index is 0.158. The van der Waals surface area contributed by atoms with Crippen molar-refractivity contribution in [1.29, 1.82) is 0 Å². The quantitative estimate of drug-likeness (QED) is 0.774. The van der Waals surface area contributed by atoms with Crippen molar-refractivity contribution in [2.75, 3.05) is 6.54 Å². The van der Waals surface area contributed by atoms with Crippen molar-refractivity contribution in [2.24, 2.45) is 7.05 Å². The number of hydrogen-bond donors (Lipinski definition) is 2. The van der Waals surface area contributed by atoms with Crippen LogP contribution < -0.4 is 16.2 Å². The van der Waals surface area contributed by atoms with E-state index in [4.69, 9.17) is 0 Å². The first-order valence-electron chi connectivity index (χ1n) is 6.33. The zero-order chi connectivity index (χ0) is 13.8. The maximum Gasteiger partial charge on any atom is 0.252 e. The minimum Gasteiger partial charge on any atom is -0.354 e. The average molecular weight is 263 g/mol. The van der Waals surface area contributed by atoms with E-state index >= 15 is 0 Å². The number of carbonyl (C=O) groups is 2. The summed E-state index contributed by atoms with van der Waals surface area (Å²) in [5.41, 5.74) is 0.0260. The molecule has 1 aliphatic heterocycles. The van der Waals surface area contributed by atoms with Crippen molar-refractivity contribution in [1.82, 2.24) is 15.2 Å². The Morgan fingerprint density at radius 2 is 2.21 bits per heavy atom. The van der Waals surface area contributed by atoms with Gasteiger partial charge < -0.3 is 15.2 Å². The molecule has 0 aromatic carbocycles. The molecule has 1 saturated heterocycles. The maximum atomic E-state index is 12.0. The van der Waals surface area contributed by atoms with Crippen LogP contribution in [0, 0.1) is 0 Å². The van der Waals surface area contributed by atoms with E-state index in [1.165, 1.54) is 16.8 Å². The van der Waals surface area contributed by atoms with Gasteiger partial charge in [-0.2, -0.15) is 0 Å². The van der Waals surface area contributed by atoms with Gasteiger partial charge in [0.25, 0.3) is 11.5 Å². The number of aryl methyl sites for hydroxylation is 1. The van der Waals surface area contributed by atoms with Crippen molar-refractivity contribution in [2.45, 2.75) is 25.3 Å². The van der Waals surface area contributed by atoms with Gasteiger partial charge in [0.2, 0.25) is 5.91 Å². The van der Waals surface area contributed by atoms with Gasteiger partial charge in [-0.3, -0.25) is 14.4 Å². The highest BCUT2D eigenvalue weighted by molar-refractivity contribution is 5.97. The topological polar surface area (TPSA) is 80.2 Å². The Kier molecular flexibility index (Phi) is 3.99. The highest BCUT2D eigenvalue weighted by Crippen LogP contribution is 2.06. The molecular formula is C13H17N3O3. The van der Waals surface area contributed by atoms with Gasteiger partial charge in [0.05, 0.1) is 0 Å². The van der Waals surface area contributed by atoms with E-state index in [1.807, 2.05) is 0 Å². The molecule has 0 aliphatic carbocycles. The normalized spacial score (nSPS) is 19.4. The predicted octanol–water partition coefficient (Wildman–Crippen LogP) is -0.216. The predicted molar refractivity (Wildman–Crippen MR) is 69.8 cm³/mol. The van der Waals surface area contributed by atoms with Gasteiger partial charge in [-0.25, -0.2) is 0 Å². The Balaban J connectivity index is 2.09. The summed E-state index contributed by atoms with van der Waals surface area (Å²) in [6, 6.07) is 2.31. The van der Waals surface area contributed by atoms with Crippen LogP contribution in [0.2, 0.25) is 0 Å². The first kappa shape index (κ1) is 13.3. The summed E-state index contributed by atoms with van der Waals surface area (Å²) >= 11 is 0. The van der Waals surface area contributed by atoms with Crippen molar-refractivity contribution < 1.29 is 9.59 Å². The number of carbonyl (C=O) groups excluding carboxylic acids is 2. The van der Waals surface area contributed by atoms with E-state index in [0.717, 1.165) is 12.8 Å². The van der Waals surface area contributed by atoms with Crippen molar-refractivity contribution in [3.63, 3.8) is 0 Å². The van der Waals surface area contributed by atoms with E-state index in [9.17, 15) is 14.4 Å². The molecule has 1 atom stereocenters. The van der Waals surface area contributed by atoms with Crippen LogP contribution in [-0.2, 0) is 11.8 Å². The van der Waals surface area contributed by atoms with Gasteiger partial charge in [-0.1, -0.05) is 0 Å². The molecule has 1 aromatic heterocycles. The first-order chi connectivity index (χ1) is 9.08. The summed E-state index contributed by atoms with van der Waals surface area (Å²) in [4.78, 5) is 35.2. The second-order valence-electron chi connectivity index (χ2n) is 4.68. The molecule has 2 rings (SSSR count). The highest BCUT2D eigenvalue weighted by Gasteiger charge is 2.22. The Bertz CT molecular complexity index is 550. The van der Waals surface area contributed by atoms with Crippen LogP contribution in [0.5, 0.6) is 0 Å². The van der Waals surface area contributed by atoms with E-state index in [2.05, 4.69) is 10.6 Å². The van der Waals surface area contributed by atoms with Gasteiger partial charge in [-0.15, -0.1) is 0 Å². The zero-order valence-corrected chi connectivity index (χ0v) is 10.8. The van der Waals surface area contributed by atoms with Gasteiger partial charge in [0, 0.05) is 31.4 Å². The fourth-order valence-electron chi connectivity index (χ4n) is 2.01. The summed E-state index contributed by atoms with van der Waals surface area (Å²) in [6.07, 6.45) is 3.97. The number of aromatic nitrogens is 1. The third kappa shape index (κ3) is 3.21. The SMILES string of the molecule is Cn1ccc(C(=O)N[C@@H]2CCCCNC2=O)cc1=O. The van der Waals surface area contributed by atoms with Gasteiger partial charge in [0.1, 0.15) is 6.04 Å². The minimum atomic E-state index is -0.515. The molecule has 0 saturated carbocycles. The number of hydrogen-bond acceptors (Lipinski definition) is 3. The van der Waals surface area contributed by atoms with Crippen LogP contribution in [0.25, 0.3) is 0 Å². The Morgan fingerprint density at radius 3 is 2.95 bits per heavy atom. The summed E-state index contributed by atoms with van der Waals surface area (Å²) < 4.78 is 1.38. The molecular weight excluding hydrogens is 246 g/mol. The van der Waals surface area contributed by atoms with E-state index in [0.29, 0.717) is 13.0 Å². The molecule has 2 amide bonds. The number of nitrogens with zero attached hydrogens (tertiary/aromatic N) is 1. The van der Waals surface area contributed by atoms with Gasteiger partial charge >= 0.3 is 0 Å². The standard InChI is InChI=1S/C13H17N3O3/c1-16-7-5-9(8-11(16)17)12(18)15-10-4-2-3-6-14-13(10)19/h5,7-8,10H,2-4,6H2,1H3,(H,14,19)(H,15,18)/t10-/m1/s1. The average Bonchev–Trinajstić information content (AvgIpc) is 2.58. The number of amides is 2. The van der Waals surface area contributed by atoms with Crippen LogP contribution in [0.1, 0.15) is 29.6 Å². The Hall–Kier alpha value is -2.11. The molecule has 2 N–H and O–H groups in total. The summed E-state index contributed by atoms with van der Waals surface area (Å²) in [7, 11) is 1.61. The van der Waals surface area contributed by atoms with E-state index < -0.39 is 6.04 Å². The summed E-state index contributed by atoms with van der Waals surface area (Å²) in [5, 5.41) is 5.42. The lowest BCUT2D eigenvalue weighted by Crippen LogP contribution is -2.45. The third-order valence-corrected chi connectivity index (χ3v) is 3.21. The zero-order valence-electron chi connectivity index (χ0n) is 10.8. The Morgan fingerprint density at radius 1 is 1.42 bits per heavy atom. The molecule has 1 aromatic rings.